The van der Waals surface area contributed by atoms with Crippen molar-refractivity contribution >= 4 is 28.9 Å². The van der Waals surface area contributed by atoms with Gasteiger partial charge in [-0.3, -0.25) is 14.4 Å². The van der Waals surface area contributed by atoms with Gasteiger partial charge in [0.15, 0.2) is 5.78 Å². The Labute approximate surface area is 222 Å². The second-order valence-electron chi connectivity index (χ2n) is 10.6. The molecule has 2 aromatic rings. The summed E-state index contributed by atoms with van der Waals surface area (Å²) < 4.78 is 5.24. The lowest BCUT2D eigenvalue weighted by Crippen LogP contribution is -2.50. The number of aryl methyl sites for hydroxylation is 1. The number of aliphatic hydroxyl groups is 1. The number of aromatic nitrogens is 1. The molecule has 2 amide bonds. The van der Waals surface area contributed by atoms with Crippen LogP contribution in [0.4, 0.5) is 0 Å². The van der Waals surface area contributed by atoms with Crippen LogP contribution in [0.5, 0.6) is 0 Å². The van der Waals surface area contributed by atoms with Crippen LogP contribution in [0.2, 0.25) is 0 Å². The summed E-state index contributed by atoms with van der Waals surface area (Å²) in [4.78, 5) is 46.0. The molecule has 1 fully saturated rings. The molecule has 1 aromatic heterocycles. The fourth-order valence-electron chi connectivity index (χ4n) is 4.49. The molecule has 0 aliphatic carbocycles. The number of β-amino-alcohol motifs (C(OH)–C–C–N with tert-alkyl or cyclic N) is 1. The van der Waals surface area contributed by atoms with Crippen molar-refractivity contribution in [2.75, 3.05) is 26.3 Å². The maximum atomic E-state index is 13.6. The number of Topliss-reactive ketones (excluding diaryl/α,β-unsaturated/α-hetero) is 1. The van der Waals surface area contributed by atoms with Crippen LogP contribution in [-0.4, -0.2) is 71.0 Å². The largest absolute Gasteiger partial charge is 0.391 e. The number of ketones is 1. The molecule has 4 N–H and O–H groups in total. The van der Waals surface area contributed by atoms with Gasteiger partial charge in [0.1, 0.15) is 12.6 Å². The third-order valence-corrected chi connectivity index (χ3v) is 7.57. The van der Waals surface area contributed by atoms with Gasteiger partial charge in [-0.2, -0.15) is 0 Å². The molecule has 0 saturated carbocycles. The van der Waals surface area contributed by atoms with Crippen LogP contribution in [0, 0.1) is 18.3 Å². The van der Waals surface area contributed by atoms with Crippen LogP contribution in [-0.2, 0) is 25.7 Å². The topological polar surface area (TPSA) is 135 Å². The Morgan fingerprint density at radius 2 is 1.97 bits per heavy atom. The highest BCUT2D eigenvalue weighted by Crippen LogP contribution is 2.33. The van der Waals surface area contributed by atoms with E-state index in [1.54, 1.807) is 11.3 Å². The van der Waals surface area contributed by atoms with Gasteiger partial charge in [0.2, 0.25) is 11.8 Å². The molecule has 9 nitrogen and oxygen atoms in total. The van der Waals surface area contributed by atoms with Crippen molar-refractivity contribution in [3.05, 3.63) is 41.0 Å². The van der Waals surface area contributed by atoms with Crippen LogP contribution < -0.4 is 11.1 Å². The summed E-state index contributed by atoms with van der Waals surface area (Å²) in [5, 5.41) is 13.2. The van der Waals surface area contributed by atoms with E-state index in [1.165, 1.54) is 4.90 Å². The lowest BCUT2D eigenvalue weighted by molar-refractivity contribution is -0.146. The number of ether oxygens (including phenoxy) is 1. The van der Waals surface area contributed by atoms with E-state index in [2.05, 4.69) is 10.3 Å². The minimum Gasteiger partial charge on any atom is -0.391 e. The third-order valence-electron chi connectivity index (χ3n) is 6.59. The zero-order chi connectivity index (χ0) is 27.2. The number of benzene rings is 1. The number of carbonyl (C=O) groups excluding carboxylic acids is 3. The zero-order valence-corrected chi connectivity index (χ0v) is 22.8. The lowest BCUT2D eigenvalue weighted by Gasteiger charge is -2.34. The van der Waals surface area contributed by atoms with Gasteiger partial charge in [-0.05, 0) is 23.5 Å². The molecule has 1 aliphatic rings. The molecule has 0 bridgehead atoms. The van der Waals surface area contributed by atoms with Crippen molar-refractivity contribution in [2.24, 2.45) is 17.1 Å². The smallest absolute Gasteiger partial charge is 0.243 e. The molecule has 0 radical (unpaired) electrons. The van der Waals surface area contributed by atoms with Crippen molar-refractivity contribution in [1.29, 1.82) is 0 Å². The first-order chi connectivity index (χ1) is 17.5. The molecule has 1 aliphatic heterocycles. The molecule has 1 aromatic carbocycles. The number of thiazole rings is 1. The minimum absolute atomic E-state index is 0.000573. The van der Waals surface area contributed by atoms with E-state index < -0.39 is 23.5 Å². The Bertz CT molecular complexity index is 1080. The second kappa shape index (κ2) is 12.7. The standard InChI is InChI=1S/C27H38N4O5S/c1-17-24(37-16-30-17)19-7-5-18(6-8-19)13-29-25(34)23-12-20(32)14-31(23)26(35)22(27(2,3)4)11-21(33)15-36-10-9-28/h5-8,16,20,22-23,32H,9-15,28H2,1-4H3,(H,29,34)/t20-,22-,23+/m1/s1. The van der Waals surface area contributed by atoms with Crippen LogP contribution in [0.1, 0.15) is 44.9 Å². The Hall–Kier alpha value is -2.66. The van der Waals surface area contributed by atoms with Gasteiger partial charge < -0.3 is 25.8 Å². The fraction of sp³-hybridized carbons (Fsp3) is 0.556. The molecule has 10 heteroatoms. The van der Waals surface area contributed by atoms with E-state index in [-0.39, 0.29) is 50.2 Å². The summed E-state index contributed by atoms with van der Waals surface area (Å²) in [7, 11) is 0. The van der Waals surface area contributed by atoms with Gasteiger partial charge in [0.25, 0.3) is 0 Å². The number of rotatable bonds is 11. The predicted molar refractivity (Wildman–Crippen MR) is 143 cm³/mol. The number of amides is 2. The second-order valence-corrected chi connectivity index (χ2v) is 11.4. The predicted octanol–water partition coefficient (Wildman–Crippen LogP) is 2.29. The van der Waals surface area contributed by atoms with E-state index in [0.29, 0.717) is 13.1 Å². The number of nitrogens with one attached hydrogen (secondary N) is 1. The molecule has 3 atom stereocenters. The Kier molecular flexibility index (Phi) is 9.94. The number of aliphatic hydroxyl groups excluding tert-OH is 1. The van der Waals surface area contributed by atoms with E-state index in [4.69, 9.17) is 10.5 Å². The monoisotopic (exact) mass is 530 g/mol. The fourth-order valence-corrected chi connectivity index (χ4v) is 5.30. The molecular weight excluding hydrogens is 492 g/mol. The first kappa shape index (κ1) is 28.9. The summed E-state index contributed by atoms with van der Waals surface area (Å²) >= 11 is 1.58. The first-order valence-electron chi connectivity index (χ1n) is 12.6. The molecular formula is C27H38N4O5S. The maximum Gasteiger partial charge on any atom is 0.243 e. The van der Waals surface area contributed by atoms with Crippen molar-refractivity contribution in [3.63, 3.8) is 0 Å². The zero-order valence-electron chi connectivity index (χ0n) is 22.0. The Balaban J connectivity index is 1.65. The van der Waals surface area contributed by atoms with Gasteiger partial charge in [-0.1, -0.05) is 45.0 Å². The number of nitrogens with two attached hydrogens (primary N) is 1. The summed E-state index contributed by atoms with van der Waals surface area (Å²) in [6.07, 6.45) is -0.642. The Morgan fingerprint density at radius 1 is 1.27 bits per heavy atom. The molecule has 202 valence electrons. The van der Waals surface area contributed by atoms with Crippen LogP contribution >= 0.6 is 11.3 Å². The molecule has 2 heterocycles. The molecule has 0 spiro atoms. The van der Waals surface area contributed by atoms with Gasteiger partial charge >= 0.3 is 0 Å². The molecule has 3 rings (SSSR count). The third kappa shape index (κ3) is 7.67. The van der Waals surface area contributed by atoms with Crippen molar-refractivity contribution in [3.8, 4) is 10.4 Å². The molecule has 37 heavy (non-hydrogen) atoms. The lowest BCUT2D eigenvalue weighted by atomic mass is 9.77. The van der Waals surface area contributed by atoms with Crippen LogP contribution in [0.15, 0.2) is 29.8 Å². The van der Waals surface area contributed by atoms with Gasteiger partial charge in [-0.15, -0.1) is 11.3 Å². The average Bonchev–Trinajstić information content (AvgIpc) is 3.46. The van der Waals surface area contributed by atoms with Crippen LogP contribution in [0.3, 0.4) is 0 Å². The first-order valence-corrected chi connectivity index (χ1v) is 13.4. The number of likely N-dealkylation sites (tertiary alicyclic amines) is 1. The quantitative estimate of drug-likeness (QED) is 0.379. The normalized spacial score (nSPS) is 18.6. The SMILES string of the molecule is Cc1ncsc1-c1ccc(CNC(=O)[C@@H]2C[C@@H](O)CN2C(=O)[C@@H](CC(=O)COCCN)C(C)(C)C)cc1. The highest BCUT2D eigenvalue weighted by molar-refractivity contribution is 7.13. The van der Waals surface area contributed by atoms with Crippen molar-refractivity contribution in [1.82, 2.24) is 15.2 Å². The minimum atomic E-state index is -0.800. The number of hydrogen-bond donors (Lipinski definition) is 3. The highest BCUT2D eigenvalue weighted by Gasteiger charge is 2.44. The summed E-state index contributed by atoms with van der Waals surface area (Å²) in [5.41, 5.74) is 9.68. The Morgan fingerprint density at radius 3 is 2.57 bits per heavy atom. The van der Waals surface area contributed by atoms with Crippen molar-refractivity contribution < 1.29 is 24.2 Å². The summed E-state index contributed by atoms with van der Waals surface area (Å²) in [6, 6.07) is 7.11. The van der Waals surface area contributed by atoms with E-state index in [9.17, 15) is 19.5 Å². The van der Waals surface area contributed by atoms with Gasteiger partial charge in [-0.25, -0.2) is 4.98 Å². The number of carbonyl (C=O) groups is 3. The van der Waals surface area contributed by atoms with E-state index in [1.807, 2.05) is 57.5 Å². The maximum absolute atomic E-state index is 13.6. The van der Waals surface area contributed by atoms with Gasteiger partial charge in [0.05, 0.1) is 28.8 Å². The molecule has 0 unspecified atom stereocenters. The average molecular weight is 531 g/mol. The number of nitrogens with zero attached hydrogens (tertiary/aromatic N) is 2. The molecule has 1 saturated heterocycles. The summed E-state index contributed by atoms with van der Waals surface area (Å²) in [6.45, 7) is 8.48. The van der Waals surface area contributed by atoms with Crippen molar-refractivity contribution in [2.45, 2.75) is 59.2 Å². The number of hydrogen-bond acceptors (Lipinski definition) is 8. The van der Waals surface area contributed by atoms with E-state index in [0.717, 1.165) is 21.7 Å². The summed E-state index contributed by atoms with van der Waals surface area (Å²) in [5.74, 6) is -1.47. The van der Waals surface area contributed by atoms with Gasteiger partial charge in [0, 0.05) is 38.4 Å². The highest BCUT2D eigenvalue weighted by atomic mass is 32.1. The van der Waals surface area contributed by atoms with Crippen LogP contribution in [0.25, 0.3) is 10.4 Å². The van der Waals surface area contributed by atoms with E-state index >= 15 is 0 Å².